The topological polar surface area (TPSA) is 54.6 Å². The molecule has 1 N–H and O–H groups in total. The molecule has 6 heteroatoms. The third-order valence-electron chi connectivity index (χ3n) is 1.11. The van der Waals surface area contributed by atoms with Gasteiger partial charge in [-0.25, -0.2) is 5.43 Å². The molecule has 0 bridgehead atoms. The Morgan fingerprint density at radius 2 is 2.46 bits per heavy atom. The first-order valence-corrected chi connectivity index (χ1v) is 3.34. The molecule has 0 unspecified atom stereocenters. The predicted molar refractivity (Wildman–Crippen MR) is 40.4 cm³/mol. The number of carbonyl (C=O) groups excluding carboxylic acids is 1. The number of nitrogens with zero attached hydrogens (tertiary/aromatic N) is 1. The number of alkyl halides is 2. The van der Waals surface area contributed by atoms with Crippen LogP contribution in [0.25, 0.3) is 0 Å². The predicted octanol–water partition coefficient (Wildman–Crippen LogP) is 0.995. The van der Waals surface area contributed by atoms with Crippen molar-refractivity contribution in [3.8, 4) is 0 Å². The Labute approximate surface area is 72.2 Å². The molecular weight excluding hydrogens is 182 g/mol. The number of hydrogen-bond donors (Lipinski definition) is 1. The van der Waals surface area contributed by atoms with E-state index < -0.39 is 12.3 Å². The van der Waals surface area contributed by atoms with Gasteiger partial charge in [0.15, 0.2) is 0 Å². The maximum absolute atomic E-state index is 11.6. The van der Waals surface area contributed by atoms with Gasteiger partial charge in [0.1, 0.15) is 5.76 Å². The second kappa shape index (κ2) is 4.34. The van der Waals surface area contributed by atoms with E-state index in [0.29, 0.717) is 5.76 Å². The van der Waals surface area contributed by atoms with Gasteiger partial charge in [0, 0.05) is 0 Å². The summed E-state index contributed by atoms with van der Waals surface area (Å²) >= 11 is 0. The number of carbonyl (C=O) groups is 1. The van der Waals surface area contributed by atoms with E-state index in [-0.39, 0.29) is 0 Å². The monoisotopic (exact) mass is 188 g/mol. The van der Waals surface area contributed by atoms with Crippen LogP contribution in [0.2, 0.25) is 0 Å². The Morgan fingerprint density at radius 1 is 1.69 bits per heavy atom. The Hall–Kier alpha value is -1.72. The fraction of sp³-hybridized carbons (Fsp3) is 0.143. The molecule has 0 radical (unpaired) electrons. The molecule has 0 saturated carbocycles. The third kappa shape index (κ3) is 3.02. The van der Waals surface area contributed by atoms with E-state index in [9.17, 15) is 13.6 Å². The average Bonchev–Trinajstić information content (AvgIpc) is 2.56. The van der Waals surface area contributed by atoms with Crippen LogP contribution >= 0.6 is 0 Å². The molecule has 4 nitrogen and oxygen atoms in total. The first-order chi connectivity index (χ1) is 6.20. The summed E-state index contributed by atoms with van der Waals surface area (Å²) in [6, 6.07) is 3.17. The summed E-state index contributed by atoms with van der Waals surface area (Å²) in [5, 5.41) is 3.24. The second-order valence-electron chi connectivity index (χ2n) is 2.05. The summed E-state index contributed by atoms with van der Waals surface area (Å²) in [4.78, 5) is 10.3. The Kier molecular flexibility index (Phi) is 3.13. The highest BCUT2D eigenvalue weighted by Gasteiger charge is 2.13. The van der Waals surface area contributed by atoms with Crippen LogP contribution in [0.3, 0.4) is 0 Å². The molecule has 0 spiro atoms. The minimum absolute atomic E-state index is 0.370. The molecule has 0 aliphatic heterocycles. The molecule has 70 valence electrons. The SMILES string of the molecule is O=C(N/N=C/c1ccco1)C(F)F. The van der Waals surface area contributed by atoms with Crippen molar-refractivity contribution >= 4 is 12.1 Å². The van der Waals surface area contributed by atoms with E-state index in [2.05, 4.69) is 5.10 Å². The van der Waals surface area contributed by atoms with E-state index in [4.69, 9.17) is 4.42 Å². The normalized spacial score (nSPS) is 11.0. The Balaban J connectivity index is 2.39. The van der Waals surface area contributed by atoms with Crippen molar-refractivity contribution < 1.29 is 18.0 Å². The van der Waals surface area contributed by atoms with Gasteiger partial charge in [-0.2, -0.15) is 13.9 Å². The molecule has 0 fully saturated rings. The van der Waals surface area contributed by atoms with Crippen molar-refractivity contribution in [2.75, 3.05) is 0 Å². The Bertz CT molecular complexity index is 295. The number of rotatable bonds is 3. The van der Waals surface area contributed by atoms with Crippen LogP contribution in [0.15, 0.2) is 27.9 Å². The lowest BCUT2D eigenvalue weighted by atomic mass is 10.5. The number of furan rings is 1. The van der Waals surface area contributed by atoms with Gasteiger partial charge in [-0.3, -0.25) is 4.79 Å². The molecule has 0 aromatic carbocycles. The van der Waals surface area contributed by atoms with Crippen molar-refractivity contribution in [1.82, 2.24) is 5.43 Å². The fourth-order valence-corrected chi connectivity index (χ4v) is 0.573. The van der Waals surface area contributed by atoms with E-state index in [0.717, 1.165) is 6.21 Å². The number of halogens is 2. The van der Waals surface area contributed by atoms with Crippen molar-refractivity contribution in [3.63, 3.8) is 0 Å². The van der Waals surface area contributed by atoms with E-state index in [1.165, 1.54) is 6.26 Å². The highest BCUT2D eigenvalue weighted by atomic mass is 19.3. The number of amides is 1. The van der Waals surface area contributed by atoms with Crippen LogP contribution in [-0.4, -0.2) is 18.5 Å². The van der Waals surface area contributed by atoms with Crippen LogP contribution in [-0.2, 0) is 4.79 Å². The molecule has 0 aliphatic rings. The van der Waals surface area contributed by atoms with Gasteiger partial charge in [-0.05, 0) is 12.1 Å². The molecular formula is C7H6F2N2O2. The second-order valence-corrected chi connectivity index (χ2v) is 2.05. The first-order valence-electron chi connectivity index (χ1n) is 3.34. The zero-order valence-electron chi connectivity index (χ0n) is 6.41. The van der Waals surface area contributed by atoms with E-state index in [1.807, 2.05) is 0 Å². The summed E-state index contributed by atoms with van der Waals surface area (Å²) in [7, 11) is 0. The zero-order chi connectivity index (χ0) is 9.68. The molecule has 1 aromatic rings. The molecule has 0 atom stereocenters. The minimum atomic E-state index is -3.06. The van der Waals surface area contributed by atoms with E-state index in [1.54, 1.807) is 17.6 Å². The fourth-order valence-electron chi connectivity index (χ4n) is 0.573. The molecule has 1 aromatic heterocycles. The van der Waals surface area contributed by atoms with Gasteiger partial charge in [0.05, 0.1) is 12.5 Å². The average molecular weight is 188 g/mol. The lowest BCUT2D eigenvalue weighted by Gasteiger charge is -1.94. The van der Waals surface area contributed by atoms with Gasteiger partial charge in [-0.15, -0.1) is 0 Å². The molecule has 1 rings (SSSR count). The Morgan fingerprint density at radius 3 is 3.00 bits per heavy atom. The van der Waals surface area contributed by atoms with Gasteiger partial charge in [0.25, 0.3) is 0 Å². The van der Waals surface area contributed by atoms with Crippen LogP contribution in [0, 0.1) is 0 Å². The standard InChI is InChI=1S/C7H6F2N2O2/c8-6(9)7(12)11-10-4-5-2-1-3-13-5/h1-4,6H,(H,11,12)/b10-4+. The zero-order valence-corrected chi connectivity index (χ0v) is 6.41. The molecule has 0 saturated heterocycles. The van der Waals surface area contributed by atoms with Crippen molar-refractivity contribution in [3.05, 3.63) is 24.2 Å². The van der Waals surface area contributed by atoms with Crippen molar-refractivity contribution in [1.29, 1.82) is 0 Å². The summed E-state index contributed by atoms with van der Waals surface area (Å²) in [5.74, 6) is -1.07. The minimum Gasteiger partial charge on any atom is -0.463 e. The maximum Gasteiger partial charge on any atom is 0.317 e. The van der Waals surface area contributed by atoms with Crippen molar-refractivity contribution in [2.24, 2.45) is 5.10 Å². The first kappa shape index (κ1) is 9.37. The number of nitrogens with one attached hydrogen (secondary N) is 1. The highest BCUT2D eigenvalue weighted by molar-refractivity contribution is 5.81. The van der Waals surface area contributed by atoms with Crippen LogP contribution in [0.1, 0.15) is 5.76 Å². The largest absolute Gasteiger partial charge is 0.463 e. The quantitative estimate of drug-likeness (QED) is 0.568. The molecule has 1 amide bonds. The summed E-state index contributed by atoms with van der Waals surface area (Å²) in [5.41, 5.74) is 1.64. The molecule has 1 heterocycles. The highest BCUT2D eigenvalue weighted by Crippen LogP contribution is 1.95. The lowest BCUT2D eigenvalue weighted by Crippen LogP contribution is -2.24. The summed E-state index contributed by atoms with van der Waals surface area (Å²) in [6.07, 6.45) is -0.537. The van der Waals surface area contributed by atoms with E-state index >= 15 is 0 Å². The smallest absolute Gasteiger partial charge is 0.317 e. The van der Waals surface area contributed by atoms with Crippen molar-refractivity contribution in [2.45, 2.75) is 6.43 Å². The maximum atomic E-state index is 11.6. The number of hydrogen-bond acceptors (Lipinski definition) is 3. The molecule has 0 aliphatic carbocycles. The van der Waals surface area contributed by atoms with Crippen LogP contribution < -0.4 is 5.43 Å². The molecule has 13 heavy (non-hydrogen) atoms. The van der Waals surface area contributed by atoms with Gasteiger partial charge in [-0.1, -0.05) is 0 Å². The van der Waals surface area contributed by atoms with Crippen LogP contribution in [0.5, 0.6) is 0 Å². The lowest BCUT2D eigenvalue weighted by molar-refractivity contribution is -0.131. The van der Waals surface area contributed by atoms with Gasteiger partial charge < -0.3 is 4.42 Å². The third-order valence-corrected chi connectivity index (χ3v) is 1.11. The van der Waals surface area contributed by atoms with Crippen LogP contribution in [0.4, 0.5) is 8.78 Å². The summed E-state index contributed by atoms with van der Waals surface area (Å²) in [6.45, 7) is 0. The summed E-state index contributed by atoms with van der Waals surface area (Å²) < 4.78 is 28.0. The van der Waals surface area contributed by atoms with Gasteiger partial charge >= 0.3 is 12.3 Å². The van der Waals surface area contributed by atoms with Gasteiger partial charge in [0.2, 0.25) is 0 Å². The number of hydrazone groups is 1.